The highest BCUT2D eigenvalue weighted by atomic mass is 79.9. The zero-order valence-electron chi connectivity index (χ0n) is 10.3. The van der Waals surface area contributed by atoms with Gasteiger partial charge in [0.1, 0.15) is 0 Å². The third-order valence-electron chi connectivity index (χ3n) is 2.58. The second-order valence-corrected chi connectivity index (χ2v) is 4.87. The minimum Gasteiger partial charge on any atom is -0.350 e. The molecule has 0 saturated carbocycles. The molecule has 94 valence electrons. The predicted molar refractivity (Wildman–Crippen MR) is 73.9 cm³/mol. The molecule has 0 aromatic heterocycles. The van der Waals surface area contributed by atoms with Crippen molar-refractivity contribution in [2.24, 2.45) is 0 Å². The second-order valence-electron chi connectivity index (χ2n) is 4.02. The standard InChI is InChI=1S/C13H19BrN2O/c1-10(11-6-3-4-7-12(11)14)16-13(17)8-5-9-15-2/h3-4,6-7,10,15H,5,8-9H2,1-2H3,(H,16,17)/t10-/m1/s1. The molecular weight excluding hydrogens is 280 g/mol. The maximum absolute atomic E-state index is 11.7. The molecule has 1 rings (SSSR count). The molecule has 0 bridgehead atoms. The summed E-state index contributed by atoms with van der Waals surface area (Å²) in [6.45, 7) is 2.87. The van der Waals surface area contributed by atoms with Gasteiger partial charge in [-0.3, -0.25) is 4.79 Å². The van der Waals surface area contributed by atoms with Crippen LogP contribution >= 0.6 is 15.9 Å². The third kappa shape index (κ3) is 4.88. The van der Waals surface area contributed by atoms with Crippen LogP contribution in [0.4, 0.5) is 0 Å². The lowest BCUT2D eigenvalue weighted by Gasteiger charge is -2.15. The van der Waals surface area contributed by atoms with Crippen LogP contribution < -0.4 is 10.6 Å². The van der Waals surface area contributed by atoms with E-state index < -0.39 is 0 Å². The van der Waals surface area contributed by atoms with Gasteiger partial charge in [0.15, 0.2) is 0 Å². The van der Waals surface area contributed by atoms with Crippen LogP contribution in [0.2, 0.25) is 0 Å². The number of carbonyl (C=O) groups excluding carboxylic acids is 1. The van der Waals surface area contributed by atoms with Crippen LogP contribution in [0.1, 0.15) is 31.4 Å². The van der Waals surface area contributed by atoms with E-state index in [-0.39, 0.29) is 11.9 Å². The Labute approximate surface area is 111 Å². The smallest absolute Gasteiger partial charge is 0.220 e. The average Bonchev–Trinajstić information content (AvgIpc) is 2.29. The van der Waals surface area contributed by atoms with E-state index in [1.165, 1.54) is 0 Å². The first-order valence-electron chi connectivity index (χ1n) is 5.83. The molecule has 0 aliphatic carbocycles. The summed E-state index contributed by atoms with van der Waals surface area (Å²) < 4.78 is 1.03. The quantitative estimate of drug-likeness (QED) is 0.793. The van der Waals surface area contributed by atoms with Gasteiger partial charge in [0.25, 0.3) is 0 Å². The molecule has 0 aliphatic rings. The summed E-state index contributed by atoms with van der Waals surface area (Å²) in [7, 11) is 1.89. The Balaban J connectivity index is 2.46. The zero-order chi connectivity index (χ0) is 12.7. The predicted octanol–water partition coefficient (Wildman–Crippen LogP) is 2.63. The van der Waals surface area contributed by atoms with Gasteiger partial charge in [-0.15, -0.1) is 0 Å². The molecule has 4 heteroatoms. The van der Waals surface area contributed by atoms with Gasteiger partial charge in [-0.2, -0.15) is 0 Å². The molecule has 17 heavy (non-hydrogen) atoms. The number of hydrogen-bond donors (Lipinski definition) is 2. The van der Waals surface area contributed by atoms with Crippen molar-refractivity contribution in [3.05, 3.63) is 34.3 Å². The highest BCUT2D eigenvalue weighted by Crippen LogP contribution is 2.22. The second kappa shape index (κ2) is 7.45. The third-order valence-corrected chi connectivity index (χ3v) is 3.30. The number of hydrogen-bond acceptors (Lipinski definition) is 2. The lowest BCUT2D eigenvalue weighted by Crippen LogP contribution is -2.27. The molecule has 1 amide bonds. The molecule has 1 atom stereocenters. The summed E-state index contributed by atoms with van der Waals surface area (Å²) >= 11 is 3.49. The summed E-state index contributed by atoms with van der Waals surface area (Å²) in [4.78, 5) is 11.7. The van der Waals surface area contributed by atoms with Crippen molar-refractivity contribution in [2.75, 3.05) is 13.6 Å². The minimum atomic E-state index is 0.0349. The lowest BCUT2D eigenvalue weighted by molar-refractivity contribution is -0.121. The summed E-state index contributed by atoms with van der Waals surface area (Å²) in [5, 5.41) is 6.03. The fourth-order valence-corrected chi connectivity index (χ4v) is 2.27. The number of halogens is 1. The number of benzene rings is 1. The normalized spacial score (nSPS) is 12.2. The summed E-state index contributed by atoms with van der Waals surface area (Å²) in [6, 6.07) is 7.98. The van der Waals surface area contributed by atoms with Crippen LogP contribution in [-0.4, -0.2) is 19.5 Å². The van der Waals surface area contributed by atoms with E-state index in [1.54, 1.807) is 0 Å². The van der Waals surface area contributed by atoms with Gasteiger partial charge in [0, 0.05) is 10.9 Å². The van der Waals surface area contributed by atoms with E-state index in [0.717, 1.165) is 23.0 Å². The Hall–Kier alpha value is -0.870. The first kappa shape index (κ1) is 14.2. The van der Waals surface area contributed by atoms with Crippen molar-refractivity contribution in [3.8, 4) is 0 Å². The van der Waals surface area contributed by atoms with Crippen molar-refractivity contribution in [2.45, 2.75) is 25.8 Å². The zero-order valence-corrected chi connectivity index (χ0v) is 11.9. The minimum absolute atomic E-state index is 0.0349. The molecule has 2 N–H and O–H groups in total. The van der Waals surface area contributed by atoms with Crippen LogP contribution in [0, 0.1) is 0 Å². The van der Waals surface area contributed by atoms with Crippen molar-refractivity contribution in [1.29, 1.82) is 0 Å². The molecule has 0 unspecified atom stereocenters. The molecule has 0 fully saturated rings. The van der Waals surface area contributed by atoms with Crippen molar-refractivity contribution in [3.63, 3.8) is 0 Å². The number of rotatable bonds is 6. The number of amides is 1. The topological polar surface area (TPSA) is 41.1 Å². The Morgan fingerprint density at radius 2 is 2.12 bits per heavy atom. The van der Waals surface area contributed by atoms with E-state index in [2.05, 4.69) is 26.6 Å². The molecule has 1 aromatic rings. The van der Waals surface area contributed by atoms with Crippen LogP contribution in [0.25, 0.3) is 0 Å². The van der Waals surface area contributed by atoms with Crippen molar-refractivity contribution in [1.82, 2.24) is 10.6 Å². The Kier molecular flexibility index (Phi) is 6.22. The largest absolute Gasteiger partial charge is 0.350 e. The highest BCUT2D eigenvalue weighted by molar-refractivity contribution is 9.10. The van der Waals surface area contributed by atoms with E-state index >= 15 is 0 Å². The molecule has 0 heterocycles. The first-order chi connectivity index (χ1) is 8.15. The van der Waals surface area contributed by atoms with Gasteiger partial charge < -0.3 is 10.6 Å². The Morgan fingerprint density at radius 3 is 2.76 bits per heavy atom. The highest BCUT2D eigenvalue weighted by Gasteiger charge is 2.11. The number of carbonyl (C=O) groups is 1. The van der Waals surface area contributed by atoms with Crippen LogP contribution in [0.5, 0.6) is 0 Å². The molecule has 3 nitrogen and oxygen atoms in total. The fourth-order valence-electron chi connectivity index (χ4n) is 1.64. The first-order valence-corrected chi connectivity index (χ1v) is 6.63. The van der Waals surface area contributed by atoms with Gasteiger partial charge in [-0.25, -0.2) is 0 Å². The maximum Gasteiger partial charge on any atom is 0.220 e. The summed E-state index contributed by atoms with van der Waals surface area (Å²) in [5.74, 6) is 0.100. The lowest BCUT2D eigenvalue weighted by atomic mass is 10.1. The molecular formula is C13H19BrN2O. The van der Waals surface area contributed by atoms with Crippen LogP contribution in [-0.2, 0) is 4.79 Å². The Morgan fingerprint density at radius 1 is 1.41 bits per heavy atom. The van der Waals surface area contributed by atoms with Gasteiger partial charge >= 0.3 is 0 Å². The molecule has 0 saturated heterocycles. The maximum atomic E-state index is 11.7. The van der Waals surface area contributed by atoms with Gasteiger partial charge in [-0.1, -0.05) is 34.1 Å². The molecule has 0 radical (unpaired) electrons. The Bertz CT molecular complexity index is 368. The van der Waals surface area contributed by atoms with Crippen LogP contribution in [0.15, 0.2) is 28.7 Å². The van der Waals surface area contributed by atoms with Crippen molar-refractivity contribution < 1.29 is 4.79 Å². The SMILES string of the molecule is CNCCCC(=O)N[C@H](C)c1ccccc1Br. The van der Waals surface area contributed by atoms with E-state index in [4.69, 9.17) is 0 Å². The summed E-state index contributed by atoms with van der Waals surface area (Å²) in [6.07, 6.45) is 1.43. The number of nitrogens with one attached hydrogen (secondary N) is 2. The molecule has 1 aromatic carbocycles. The fraction of sp³-hybridized carbons (Fsp3) is 0.462. The van der Waals surface area contributed by atoms with Gasteiger partial charge in [0.2, 0.25) is 5.91 Å². The molecule has 0 aliphatic heterocycles. The van der Waals surface area contributed by atoms with Gasteiger partial charge in [0.05, 0.1) is 6.04 Å². The van der Waals surface area contributed by atoms with Crippen LogP contribution in [0.3, 0.4) is 0 Å². The average molecular weight is 299 g/mol. The van der Waals surface area contributed by atoms with Crippen molar-refractivity contribution >= 4 is 21.8 Å². The summed E-state index contributed by atoms with van der Waals surface area (Å²) in [5.41, 5.74) is 1.11. The van der Waals surface area contributed by atoms with E-state index in [9.17, 15) is 4.79 Å². The monoisotopic (exact) mass is 298 g/mol. The van der Waals surface area contributed by atoms with Gasteiger partial charge in [-0.05, 0) is 38.6 Å². The molecule has 0 spiro atoms. The van der Waals surface area contributed by atoms with E-state index in [0.29, 0.717) is 6.42 Å². The van der Waals surface area contributed by atoms with E-state index in [1.807, 2.05) is 38.2 Å².